The van der Waals surface area contributed by atoms with Crippen molar-refractivity contribution in [1.82, 2.24) is 19.6 Å². The highest BCUT2D eigenvalue weighted by Crippen LogP contribution is 2.28. The first-order valence-corrected chi connectivity index (χ1v) is 9.88. The Morgan fingerprint density at radius 1 is 1.18 bits per heavy atom. The molecule has 1 saturated heterocycles. The number of amides is 1. The van der Waals surface area contributed by atoms with E-state index in [0.717, 1.165) is 30.2 Å². The highest BCUT2D eigenvalue weighted by atomic mass is 79.9. The van der Waals surface area contributed by atoms with Crippen LogP contribution in [0.4, 0.5) is 13.2 Å². The van der Waals surface area contributed by atoms with E-state index in [1.807, 2.05) is 18.2 Å². The molecule has 0 aliphatic carbocycles. The van der Waals surface area contributed by atoms with Crippen molar-refractivity contribution in [3.8, 4) is 0 Å². The number of benzene rings is 1. The maximum Gasteiger partial charge on any atom is 0.435 e. The lowest BCUT2D eigenvalue weighted by Crippen LogP contribution is -2.48. The van der Waals surface area contributed by atoms with Crippen LogP contribution >= 0.6 is 15.9 Å². The standard InChI is InChI=1S/C19H22BrF3N4O/c1-14-12-17(19(21,22)23)24-27(14)7-6-18(28)26-10-8-25(9-11-26)13-15-4-2-3-5-16(15)20/h2-5,12H,6-11,13H2,1H3. The van der Waals surface area contributed by atoms with Gasteiger partial charge in [-0.3, -0.25) is 14.4 Å². The maximum atomic E-state index is 12.7. The number of aryl methyl sites for hydroxylation is 2. The molecule has 3 rings (SSSR count). The minimum atomic E-state index is -4.47. The lowest BCUT2D eigenvalue weighted by Gasteiger charge is -2.35. The Balaban J connectivity index is 1.48. The van der Waals surface area contributed by atoms with Gasteiger partial charge in [-0.15, -0.1) is 0 Å². The topological polar surface area (TPSA) is 41.4 Å². The van der Waals surface area contributed by atoms with Crippen LogP contribution in [0.2, 0.25) is 0 Å². The summed E-state index contributed by atoms with van der Waals surface area (Å²) in [5, 5.41) is 3.57. The van der Waals surface area contributed by atoms with Gasteiger partial charge in [0.25, 0.3) is 0 Å². The van der Waals surface area contributed by atoms with Gasteiger partial charge in [0.15, 0.2) is 5.69 Å². The highest BCUT2D eigenvalue weighted by molar-refractivity contribution is 9.10. The summed E-state index contributed by atoms with van der Waals surface area (Å²) in [5.74, 6) is -0.0519. The van der Waals surface area contributed by atoms with Crippen LogP contribution in [-0.2, 0) is 24.1 Å². The molecule has 0 N–H and O–H groups in total. The second-order valence-electron chi connectivity index (χ2n) is 6.89. The van der Waals surface area contributed by atoms with Gasteiger partial charge in [-0.25, -0.2) is 0 Å². The van der Waals surface area contributed by atoms with Gasteiger partial charge in [-0.05, 0) is 24.6 Å². The van der Waals surface area contributed by atoms with E-state index in [4.69, 9.17) is 0 Å². The molecule has 1 fully saturated rings. The van der Waals surface area contributed by atoms with Crippen LogP contribution in [0.25, 0.3) is 0 Å². The predicted molar refractivity (Wildman–Crippen MR) is 103 cm³/mol. The molecule has 5 nitrogen and oxygen atoms in total. The molecule has 0 radical (unpaired) electrons. The fraction of sp³-hybridized carbons (Fsp3) is 0.474. The second kappa shape index (κ2) is 8.65. The Kier molecular flexibility index (Phi) is 6.44. The number of halogens is 4. The zero-order valence-corrected chi connectivity index (χ0v) is 17.1. The van der Waals surface area contributed by atoms with Gasteiger partial charge in [0.1, 0.15) is 0 Å². The van der Waals surface area contributed by atoms with Crippen LogP contribution in [0.15, 0.2) is 34.8 Å². The average Bonchev–Trinajstić information content (AvgIpc) is 3.03. The molecule has 0 unspecified atom stereocenters. The van der Waals surface area contributed by atoms with Gasteiger partial charge in [-0.2, -0.15) is 18.3 Å². The lowest BCUT2D eigenvalue weighted by atomic mass is 10.2. The molecule has 0 bridgehead atoms. The Hall–Kier alpha value is -1.87. The highest BCUT2D eigenvalue weighted by Gasteiger charge is 2.34. The van der Waals surface area contributed by atoms with Gasteiger partial charge in [0.05, 0.1) is 0 Å². The largest absolute Gasteiger partial charge is 0.435 e. The Labute approximate surface area is 170 Å². The Morgan fingerprint density at radius 2 is 1.86 bits per heavy atom. The first kappa shape index (κ1) is 20.9. The number of aromatic nitrogens is 2. The van der Waals surface area contributed by atoms with Crippen LogP contribution < -0.4 is 0 Å². The van der Waals surface area contributed by atoms with E-state index in [1.54, 1.807) is 11.8 Å². The summed E-state index contributed by atoms with van der Waals surface area (Å²) in [6, 6.07) is 9.06. The van der Waals surface area contributed by atoms with Crippen molar-refractivity contribution in [1.29, 1.82) is 0 Å². The number of alkyl halides is 3. The fourth-order valence-electron chi connectivity index (χ4n) is 3.26. The summed E-state index contributed by atoms with van der Waals surface area (Å²) >= 11 is 3.55. The summed E-state index contributed by atoms with van der Waals surface area (Å²) in [6.07, 6.45) is -4.33. The molecule has 2 aromatic rings. The van der Waals surface area contributed by atoms with Crippen molar-refractivity contribution in [3.05, 3.63) is 51.8 Å². The Morgan fingerprint density at radius 3 is 2.46 bits per heavy atom. The zero-order valence-electron chi connectivity index (χ0n) is 15.5. The monoisotopic (exact) mass is 458 g/mol. The normalized spacial score (nSPS) is 15.8. The van der Waals surface area contributed by atoms with E-state index in [2.05, 4.69) is 32.0 Å². The summed E-state index contributed by atoms with van der Waals surface area (Å²) in [5.41, 5.74) is 0.688. The van der Waals surface area contributed by atoms with E-state index in [1.165, 1.54) is 10.2 Å². The van der Waals surface area contributed by atoms with E-state index >= 15 is 0 Å². The summed E-state index contributed by atoms with van der Waals surface area (Å²) in [6.45, 7) is 5.31. The molecule has 152 valence electrons. The van der Waals surface area contributed by atoms with Crippen molar-refractivity contribution in [3.63, 3.8) is 0 Å². The maximum absolute atomic E-state index is 12.7. The lowest BCUT2D eigenvalue weighted by molar-refractivity contribution is -0.141. The zero-order chi connectivity index (χ0) is 20.3. The molecule has 0 atom stereocenters. The number of carbonyl (C=O) groups excluding carboxylic acids is 1. The molecule has 1 aliphatic heterocycles. The smallest absolute Gasteiger partial charge is 0.340 e. The van der Waals surface area contributed by atoms with Gasteiger partial charge < -0.3 is 4.90 Å². The number of nitrogens with zero attached hydrogens (tertiary/aromatic N) is 4. The number of rotatable bonds is 5. The molecule has 9 heteroatoms. The van der Waals surface area contributed by atoms with Crippen LogP contribution in [-0.4, -0.2) is 51.7 Å². The van der Waals surface area contributed by atoms with E-state index in [-0.39, 0.29) is 18.9 Å². The number of piperazine rings is 1. The third kappa shape index (κ3) is 5.14. The van der Waals surface area contributed by atoms with Gasteiger partial charge in [0, 0.05) is 55.9 Å². The molecule has 28 heavy (non-hydrogen) atoms. The third-order valence-corrected chi connectivity index (χ3v) is 5.66. The van der Waals surface area contributed by atoms with Crippen molar-refractivity contribution in [2.45, 2.75) is 32.6 Å². The minimum absolute atomic E-state index is 0.0519. The van der Waals surface area contributed by atoms with Crippen molar-refractivity contribution in [2.24, 2.45) is 0 Å². The van der Waals surface area contributed by atoms with E-state index in [9.17, 15) is 18.0 Å². The predicted octanol–water partition coefficient (Wildman–Crippen LogP) is 3.71. The van der Waals surface area contributed by atoms with Crippen molar-refractivity contribution in [2.75, 3.05) is 26.2 Å². The summed E-state index contributed by atoms with van der Waals surface area (Å²) < 4.78 is 40.5. The quantitative estimate of drug-likeness (QED) is 0.685. The van der Waals surface area contributed by atoms with E-state index < -0.39 is 11.9 Å². The number of carbonyl (C=O) groups is 1. The van der Waals surface area contributed by atoms with Crippen molar-refractivity contribution >= 4 is 21.8 Å². The van der Waals surface area contributed by atoms with Crippen LogP contribution in [0, 0.1) is 6.92 Å². The molecule has 0 saturated carbocycles. The first-order valence-electron chi connectivity index (χ1n) is 9.09. The van der Waals surface area contributed by atoms with Crippen molar-refractivity contribution < 1.29 is 18.0 Å². The Bertz CT molecular complexity index is 829. The van der Waals surface area contributed by atoms with Gasteiger partial charge >= 0.3 is 6.18 Å². The molecule has 1 aromatic heterocycles. The number of hydrogen-bond donors (Lipinski definition) is 0. The molecular weight excluding hydrogens is 437 g/mol. The minimum Gasteiger partial charge on any atom is -0.340 e. The average molecular weight is 459 g/mol. The second-order valence-corrected chi connectivity index (χ2v) is 7.74. The molecule has 1 amide bonds. The van der Waals surface area contributed by atoms with Gasteiger partial charge in [0.2, 0.25) is 5.91 Å². The molecular formula is C19H22BrF3N4O. The molecule has 1 aromatic carbocycles. The van der Waals surface area contributed by atoms with Crippen LogP contribution in [0.3, 0.4) is 0 Å². The molecule has 0 spiro atoms. The first-order chi connectivity index (χ1) is 13.2. The molecule has 2 heterocycles. The fourth-order valence-corrected chi connectivity index (χ4v) is 3.67. The van der Waals surface area contributed by atoms with Crippen LogP contribution in [0.5, 0.6) is 0 Å². The van der Waals surface area contributed by atoms with Crippen LogP contribution in [0.1, 0.15) is 23.4 Å². The SMILES string of the molecule is Cc1cc(C(F)(F)F)nn1CCC(=O)N1CCN(Cc2ccccc2Br)CC1. The van der Waals surface area contributed by atoms with E-state index in [0.29, 0.717) is 18.8 Å². The summed E-state index contributed by atoms with van der Waals surface area (Å²) in [7, 11) is 0. The third-order valence-electron chi connectivity index (χ3n) is 4.89. The van der Waals surface area contributed by atoms with Gasteiger partial charge in [-0.1, -0.05) is 34.1 Å². The molecule has 1 aliphatic rings. The number of hydrogen-bond acceptors (Lipinski definition) is 3. The summed E-state index contributed by atoms with van der Waals surface area (Å²) in [4.78, 5) is 16.5.